The van der Waals surface area contributed by atoms with Gasteiger partial charge in [0.2, 0.25) is 0 Å². The van der Waals surface area contributed by atoms with Crippen molar-refractivity contribution in [3.8, 4) is 0 Å². The Balaban J connectivity index is 1.47. The molecule has 3 aliphatic heterocycles. The number of rotatable bonds is 5. The van der Waals surface area contributed by atoms with Gasteiger partial charge in [-0.15, -0.1) is 0 Å². The molecule has 0 aliphatic carbocycles. The van der Waals surface area contributed by atoms with Crippen LogP contribution in [0.1, 0.15) is 32.6 Å². The van der Waals surface area contributed by atoms with Crippen LogP contribution in [0.15, 0.2) is 0 Å². The Morgan fingerprint density at radius 1 is 1.15 bits per heavy atom. The van der Waals surface area contributed by atoms with E-state index in [2.05, 4.69) is 22.0 Å². The quantitative estimate of drug-likeness (QED) is 0.819. The highest BCUT2D eigenvalue weighted by molar-refractivity contribution is 4.89. The smallest absolute Gasteiger partial charge is 0.0521 e. The summed E-state index contributed by atoms with van der Waals surface area (Å²) in [5, 5.41) is 3.66. The predicted octanol–water partition coefficient (Wildman–Crippen LogP) is 1.17. The van der Waals surface area contributed by atoms with Crippen LogP contribution < -0.4 is 5.32 Å². The van der Waals surface area contributed by atoms with Gasteiger partial charge in [-0.25, -0.2) is 0 Å². The summed E-state index contributed by atoms with van der Waals surface area (Å²) >= 11 is 0. The maximum atomic E-state index is 5.72. The van der Waals surface area contributed by atoms with Crippen molar-refractivity contribution in [3.05, 3.63) is 0 Å². The lowest BCUT2D eigenvalue weighted by Gasteiger charge is -2.35. The lowest BCUT2D eigenvalue weighted by Crippen LogP contribution is -2.47. The van der Waals surface area contributed by atoms with Crippen LogP contribution in [-0.4, -0.2) is 74.4 Å². The molecule has 3 saturated heterocycles. The van der Waals surface area contributed by atoms with Gasteiger partial charge in [-0.2, -0.15) is 0 Å². The van der Waals surface area contributed by atoms with E-state index in [0.717, 1.165) is 25.8 Å². The topological polar surface area (TPSA) is 27.7 Å². The number of nitrogens with one attached hydrogen (secondary N) is 1. The summed E-state index contributed by atoms with van der Waals surface area (Å²) in [6.45, 7) is 11.7. The summed E-state index contributed by atoms with van der Waals surface area (Å²) in [4.78, 5) is 5.41. The summed E-state index contributed by atoms with van der Waals surface area (Å²) in [5.41, 5.74) is 0. The molecular formula is C16H31N3O. The summed E-state index contributed by atoms with van der Waals surface area (Å²) in [5.74, 6) is 0.682. The van der Waals surface area contributed by atoms with Gasteiger partial charge in [0.05, 0.1) is 6.61 Å². The van der Waals surface area contributed by atoms with Gasteiger partial charge in [0.1, 0.15) is 0 Å². The normalized spacial score (nSPS) is 36.8. The second-order valence-electron chi connectivity index (χ2n) is 6.73. The van der Waals surface area contributed by atoms with E-state index in [0.29, 0.717) is 12.0 Å². The summed E-state index contributed by atoms with van der Waals surface area (Å²) < 4.78 is 5.72. The molecule has 4 nitrogen and oxygen atoms in total. The Labute approximate surface area is 123 Å². The summed E-state index contributed by atoms with van der Waals surface area (Å²) in [7, 11) is 0. The fraction of sp³-hybridized carbons (Fsp3) is 1.00. The first-order valence-corrected chi connectivity index (χ1v) is 8.64. The third-order valence-corrected chi connectivity index (χ3v) is 5.34. The number of ether oxygens (including phenoxy) is 1. The van der Waals surface area contributed by atoms with Gasteiger partial charge in [0.15, 0.2) is 0 Å². The lowest BCUT2D eigenvalue weighted by molar-refractivity contribution is 0.0191. The highest BCUT2D eigenvalue weighted by atomic mass is 16.5. The zero-order valence-corrected chi connectivity index (χ0v) is 13.0. The Hall–Kier alpha value is -0.160. The van der Waals surface area contributed by atoms with Crippen LogP contribution in [0.2, 0.25) is 0 Å². The Kier molecular flexibility index (Phi) is 5.32. The van der Waals surface area contributed by atoms with Gasteiger partial charge in [-0.1, -0.05) is 6.92 Å². The van der Waals surface area contributed by atoms with E-state index in [1.165, 1.54) is 58.4 Å². The zero-order valence-electron chi connectivity index (χ0n) is 13.0. The van der Waals surface area contributed by atoms with Crippen LogP contribution in [-0.2, 0) is 4.74 Å². The first-order valence-electron chi connectivity index (χ1n) is 8.64. The van der Waals surface area contributed by atoms with Crippen molar-refractivity contribution >= 4 is 0 Å². The number of hydrogen-bond acceptors (Lipinski definition) is 4. The molecule has 3 atom stereocenters. The average Bonchev–Trinajstić information content (AvgIpc) is 3.12. The van der Waals surface area contributed by atoms with Crippen molar-refractivity contribution in [2.24, 2.45) is 5.92 Å². The van der Waals surface area contributed by atoms with Crippen molar-refractivity contribution < 1.29 is 4.74 Å². The summed E-state index contributed by atoms with van der Waals surface area (Å²) in [6.07, 6.45) is 5.38. The van der Waals surface area contributed by atoms with E-state index in [1.807, 2.05) is 0 Å². The van der Waals surface area contributed by atoms with Crippen LogP contribution in [0.4, 0.5) is 0 Å². The second-order valence-corrected chi connectivity index (χ2v) is 6.73. The molecular weight excluding hydrogens is 250 g/mol. The van der Waals surface area contributed by atoms with Crippen LogP contribution in [0.25, 0.3) is 0 Å². The first-order chi connectivity index (χ1) is 9.86. The fourth-order valence-corrected chi connectivity index (χ4v) is 4.22. The molecule has 3 fully saturated rings. The number of hydrogen-bond donors (Lipinski definition) is 1. The van der Waals surface area contributed by atoms with Gasteiger partial charge in [-0.05, 0) is 51.9 Å². The SMILES string of the molecule is CCNC1CCOCC1CN1CCC(N2CCCC2)C1. The lowest BCUT2D eigenvalue weighted by atomic mass is 9.95. The van der Waals surface area contributed by atoms with E-state index in [1.54, 1.807) is 0 Å². The van der Waals surface area contributed by atoms with E-state index >= 15 is 0 Å². The van der Waals surface area contributed by atoms with E-state index in [4.69, 9.17) is 4.74 Å². The van der Waals surface area contributed by atoms with Crippen LogP contribution in [0.5, 0.6) is 0 Å². The highest BCUT2D eigenvalue weighted by Crippen LogP contribution is 2.23. The molecule has 0 aromatic rings. The van der Waals surface area contributed by atoms with Crippen molar-refractivity contribution in [1.82, 2.24) is 15.1 Å². The maximum absolute atomic E-state index is 5.72. The maximum Gasteiger partial charge on any atom is 0.0521 e. The summed E-state index contributed by atoms with van der Waals surface area (Å²) in [6, 6.07) is 1.50. The van der Waals surface area contributed by atoms with Crippen molar-refractivity contribution in [2.45, 2.75) is 44.7 Å². The van der Waals surface area contributed by atoms with E-state index in [9.17, 15) is 0 Å². The van der Waals surface area contributed by atoms with Crippen molar-refractivity contribution in [3.63, 3.8) is 0 Å². The molecule has 4 heteroatoms. The molecule has 116 valence electrons. The standard InChI is InChI=1S/C16H31N3O/c1-2-17-16-6-10-20-13-14(16)11-18-9-5-15(12-18)19-7-3-4-8-19/h14-17H,2-13H2,1H3. The van der Waals surface area contributed by atoms with Gasteiger partial charge in [0, 0.05) is 37.7 Å². The molecule has 0 aromatic carbocycles. The predicted molar refractivity (Wildman–Crippen MR) is 82.0 cm³/mol. The molecule has 3 aliphatic rings. The van der Waals surface area contributed by atoms with Gasteiger partial charge in [-0.3, -0.25) is 4.90 Å². The molecule has 0 saturated carbocycles. The van der Waals surface area contributed by atoms with Gasteiger partial charge < -0.3 is 15.0 Å². The fourth-order valence-electron chi connectivity index (χ4n) is 4.22. The van der Waals surface area contributed by atoms with Crippen molar-refractivity contribution in [2.75, 3.05) is 52.5 Å². The minimum atomic E-state index is 0.666. The molecule has 3 unspecified atom stereocenters. The first kappa shape index (κ1) is 14.8. The molecule has 0 amide bonds. The molecule has 20 heavy (non-hydrogen) atoms. The largest absolute Gasteiger partial charge is 0.381 e. The minimum absolute atomic E-state index is 0.666. The molecule has 0 bridgehead atoms. The monoisotopic (exact) mass is 281 g/mol. The third-order valence-electron chi connectivity index (χ3n) is 5.34. The molecule has 3 rings (SSSR count). The van der Waals surface area contributed by atoms with Crippen LogP contribution in [0.3, 0.4) is 0 Å². The molecule has 3 heterocycles. The molecule has 1 N–H and O–H groups in total. The van der Waals surface area contributed by atoms with Gasteiger partial charge >= 0.3 is 0 Å². The number of likely N-dealkylation sites (tertiary alicyclic amines) is 2. The molecule has 0 spiro atoms. The Morgan fingerprint density at radius 2 is 2.00 bits per heavy atom. The second kappa shape index (κ2) is 7.21. The average molecular weight is 281 g/mol. The van der Waals surface area contributed by atoms with Gasteiger partial charge in [0.25, 0.3) is 0 Å². The highest BCUT2D eigenvalue weighted by Gasteiger charge is 2.32. The number of nitrogens with zero attached hydrogens (tertiary/aromatic N) is 2. The van der Waals surface area contributed by atoms with Crippen molar-refractivity contribution in [1.29, 1.82) is 0 Å². The van der Waals surface area contributed by atoms with Crippen LogP contribution in [0, 0.1) is 5.92 Å². The minimum Gasteiger partial charge on any atom is -0.381 e. The molecule has 0 radical (unpaired) electrons. The van der Waals surface area contributed by atoms with Crippen LogP contribution >= 0.6 is 0 Å². The van der Waals surface area contributed by atoms with E-state index < -0.39 is 0 Å². The third kappa shape index (κ3) is 3.53. The Bertz CT molecular complexity index is 291. The zero-order chi connectivity index (χ0) is 13.8. The molecule has 0 aromatic heterocycles. The van der Waals surface area contributed by atoms with E-state index in [-0.39, 0.29) is 0 Å². The Morgan fingerprint density at radius 3 is 2.80 bits per heavy atom.